The summed E-state index contributed by atoms with van der Waals surface area (Å²) in [4.78, 5) is 26.3. The minimum absolute atomic E-state index is 0.0760. The second-order valence-electron chi connectivity index (χ2n) is 3.76. The lowest BCUT2D eigenvalue weighted by atomic mass is 10.1. The molecule has 2 heterocycles. The SMILES string of the molecule is CC1CC(=O)N(c2cccnn2)C(=O)N1C. The van der Waals surface area contributed by atoms with Crippen LogP contribution in [0.3, 0.4) is 0 Å². The fourth-order valence-electron chi connectivity index (χ4n) is 1.57. The molecule has 16 heavy (non-hydrogen) atoms. The minimum Gasteiger partial charge on any atom is -0.324 e. The van der Waals surface area contributed by atoms with E-state index in [1.165, 1.54) is 11.1 Å². The Balaban J connectivity index is 2.34. The molecule has 0 N–H and O–H groups in total. The molecule has 84 valence electrons. The van der Waals surface area contributed by atoms with E-state index in [-0.39, 0.29) is 23.8 Å². The van der Waals surface area contributed by atoms with Gasteiger partial charge in [-0.3, -0.25) is 4.79 Å². The molecule has 0 aliphatic carbocycles. The van der Waals surface area contributed by atoms with Gasteiger partial charge in [0.05, 0.1) is 0 Å². The van der Waals surface area contributed by atoms with Crippen molar-refractivity contribution in [2.75, 3.05) is 11.9 Å². The molecular formula is C10H12N4O2. The van der Waals surface area contributed by atoms with Gasteiger partial charge < -0.3 is 4.90 Å². The van der Waals surface area contributed by atoms with Gasteiger partial charge in [0.1, 0.15) is 0 Å². The number of rotatable bonds is 1. The van der Waals surface area contributed by atoms with Crippen LogP contribution in [-0.2, 0) is 4.79 Å². The van der Waals surface area contributed by atoms with Crippen molar-refractivity contribution in [1.29, 1.82) is 0 Å². The first kappa shape index (κ1) is 10.5. The van der Waals surface area contributed by atoms with E-state index in [2.05, 4.69) is 10.2 Å². The summed E-state index contributed by atoms with van der Waals surface area (Å²) in [5, 5.41) is 7.43. The summed E-state index contributed by atoms with van der Waals surface area (Å²) in [7, 11) is 1.67. The Labute approximate surface area is 92.9 Å². The number of imide groups is 1. The van der Waals surface area contributed by atoms with Crippen LogP contribution >= 0.6 is 0 Å². The predicted molar refractivity (Wildman–Crippen MR) is 56.8 cm³/mol. The normalized spacial score (nSPS) is 21.5. The van der Waals surface area contributed by atoms with Gasteiger partial charge in [-0.15, -0.1) is 5.10 Å². The van der Waals surface area contributed by atoms with Crippen LogP contribution in [0.1, 0.15) is 13.3 Å². The highest BCUT2D eigenvalue weighted by Crippen LogP contribution is 2.20. The number of nitrogens with zero attached hydrogens (tertiary/aromatic N) is 4. The first-order chi connectivity index (χ1) is 7.61. The van der Waals surface area contributed by atoms with E-state index in [0.717, 1.165) is 4.90 Å². The van der Waals surface area contributed by atoms with Crippen molar-refractivity contribution in [1.82, 2.24) is 15.1 Å². The molecule has 0 saturated carbocycles. The second kappa shape index (κ2) is 3.88. The smallest absolute Gasteiger partial charge is 0.324 e. The Bertz CT molecular complexity index is 420. The van der Waals surface area contributed by atoms with E-state index in [9.17, 15) is 9.59 Å². The molecule has 1 fully saturated rings. The number of hydrogen-bond donors (Lipinski definition) is 0. The number of aromatic nitrogens is 2. The van der Waals surface area contributed by atoms with Gasteiger partial charge >= 0.3 is 6.03 Å². The Kier molecular flexibility index (Phi) is 2.55. The van der Waals surface area contributed by atoms with Crippen molar-refractivity contribution in [2.45, 2.75) is 19.4 Å². The minimum atomic E-state index is -0.357. The molecule has 1 aliphatic heterocycles. The number of amides is 3. The van der Waals surface area contributed by atoms with E-state index in [1.54, 1.807) is 19.2 Å². The van der Waals surface area contributed by atoms with Gasteiger partial charge in [0.15, 0.2) is 5.82 Å². The molecule has 0 spiro atoms. The Hall–Kier alpha value is -1.98. The third-order valence-electron chi connectivity index (χ3n) is 2.66. The molecule has 1 unspecified atom stereocenters. The van der Waals surface area contributed by atoms with Crippen LogP contribution in [0.4, 0.5) is 10.6 Å². The van der Waals surface area contributed by atoms with Gasteiger partial charge in [0, 0.05) is 25.7 Å². The number of urea groups is 1. The third-order valence-corrected chi connectivity index (χ3v) is 2.66. The van der Waals surface area contributed by atoms with Gasteiger partial charge in [0.2, 0.25) is 5.91 Å². The molecule has 1 atom stereocenters. The summed E-state index contributed by atoms with van der Waals surface area (Å²) in [6.07, 6.45) is 1.80. The summed E-state index contributed by atoms with van der Waals surface area (Å²) < 4.78 is 0. The second-order valence-corrected chi connectivity index (χ2v) is 3.76. The lowest BCUT2D eigenvalue weighted by molar-refractivity contribution is -0.120. The largest absolute Gasteiger partial charge is 0.332 e. The molecule has 1 aromatic rings. The molecule has 1 aromatic heterocycles. The van der Waals surface area contributed by atoms with Crippen LogP contribution < -0.4 is 4.90 Å². The van der Waals surface area contributed by atoms with Crippen molar-refractivity contribution in [3.05, 3.63) is 18.3 Å². The molecule has 3 amide bonds. The monoisotopic (exact) mass is 220 g/mol. The first-order valence-electron chi connectivity index (χ1n) is 4.98. The summed E-state index contributed by atoms with van der Waals surface area (Å²) in [5.74, 6) is 0.0346. The zero-order valence-corrected chi connectivity index (χ0v) is 9.12. The number of hydrogen-bond acceptors (Lipinski definition) is 4. The Morgan fingerprint density at radius 2 is 2.19 bits per heavy atom. The highest BCUT2D eigenvalue weighted by atomic mass is 16.2. The van der Waals surface area contributed by atoms with Crippen molar-refractivity contribution in [3.63, 3.8) is 0 Å². The van der Waals surface area contributed by atoms with E-state index in [4.69, 9.17) is 0 Å². The zero-order valence-electron chi connectivity index (χ0n) is 9.12. The topological polar surface area (TPSA) is 66.4 Å². The Morgan fingerprint density at radius 1 is 1.44 bits per heavy atom. The first-order valence-corrected chi connectivity index (χ1v) is 4.98. The fraction of sp³-hybridized carbons (Fsp3) is 0.400. The van der Waals surface area contributed by atoms with Gasteiger partial charge in [-0.1, -0.05) is 0 Å². The average Bonchev–Trinajstić information content (AvgIpc) is 2.28. The molecule has 0 radical (unpaired) electrons. The molecule has 6 nitrogen and oxygen atoms in total. The predicted octanol–water partition coefficient (Wildman–Crippen LogP) is 0.654. The molecule has 0 bridgehead atoms. The zero-order chi connectivity index (χ0) is 11.7. The van der Waals surface area contributed by atoms with Gasteiger partial charge in [0.25, 0.3) is 0 Å². The third kappa shape index (κ3) is 1.62. The van der Waals surface area contributed by atoms with Gasteiger partial charge in [-0.05, 0) is 19.1 Å². The molecule has 0 aromatic carbocycles. The van der Waals surface area contributed by atoms with Crippen LogP contribution in [0.25, 0.3) is 0 Å². The van der Waals surface area contributed by atoms with E-state index < -0.39 is 0 Å². The van der Waals surface area contributed by atoms with Gasteiger partial charge in [-0.2, -0.15) is 5.10 Å². The van der Waals surface area contributed by atoms with Crippen LogP contribution in [0.15, 0.2) is 18.3 Å². The summed E-state index contributed by atoms with van der Waals surface area (Å²) in [5.41, 5.74) is 0. The molecule has 1 aliphatic rings. The maximum Gasteiger partial charge on any atom is 0.332 e. The van der Waals surface area contributed by atoms with E-state index in [0.29, 0.717) is 6.42 Å². The number of carbonyl (C=O) groups is 2. The average molecular weight is 220 g/mol. The maximum absolute atomic E-state index is 11.9. The standard InChI is InChI=1S/C10H12N4O2/c1-7-6-9(15)14(10(16)13(7)2)8-4-3-5-11-12-8/h3-5,7H,6H2,1-2H3. The van der Waals surface area contributed by atoms with Crippen LogP contribution in [0.5, 0.6) is 0 Å². The van der Waals surface area contributed by atoms with Crippen molar-refractivity contribution >= 4 is 17.8 Å². The lowest BCUT2D eigenvalue weighted by Gasteiger charge is -2.35. The lowest BCUT2D eigenvalue weighted by Crippen LogP contribution is -2.55. The van der Waals surface area contributed by atoms with Crippen LogP contribution in [-0.4, -0.2) is 40.1 Å². The summed E-state index contributed by atoms with van der Waals surface area (Å²) in [6, 6.07) is 2.80. The summed E-state index contributed by atoms with van der Waals surface area (Å²) in [6.45, 7) is 1.84. The quantitative estimate of drug-likeness (QED) is 0.697. The van der Waals surface area contributed by atoms with Crippen LogP contribution in [0.2, 0.25) is 0 Å². The number of carbonyl (C=O) groups excluding carboxylic acids is 2. The van der Waals surface area contributed by atoms with E-state index in [1.807, 2.05) is 6.92 Å². The highest BCUT2D eigenvalue weighted by molar-refractivity contribution is 6.15. The van der Waals surface area contributed by atoms with Crippen molar-refractivity contribution in [3.8, 4) is 0 Å². The molecule has 1 saturated heterocycles. The van der Waals surface area contributed by atoms with E-state index >= 15 is 0 Å². The van der Waals surface area contributed by atoms with Crippen molar-refractivity contribution in [2.24, 2.45) is 0 Å². The maximum atomic E-state index is 11.9. The number of anilines is 1. The van der Waals surface area contributed by atoms with Gasteiger partial charge in [-0.25, -0.2) is 9.69 Å². The molecular weight excluding hydrogens is 208 g/mol. The summed E-state index contributed by atoms with van der Waals surface area (Å²) >= 11 is 0. The van der Waals surface area contributed by atoms with Crippen LogP contribution in [0, 0.1) is 0 Å². The highest BCUT2D eigenvalue weighted by Gasteiger charge is 2.36. The fourth-order valence-corrected chi connectivity index (χ4v) is 1.57. The molecule has 2 rings (SSSR count). The van der Waals surface area contributed by atoms with Crippen molar-refractivity contribution < 1.29 is 9.59 Å². The molecule has 6 heteroatoms. The Morgan fingerprint density at radius 3 is 2.81 bits per heavy atom.